The van der Waals surface area contributed by atoms with Crippen LogP contribution in [0.2, 0.25) is 5.02 Å². The molecule has 0 bridgehead atoms. The van der Waals surface area contributed by atoms with E-state index in [1.165, 1.54) is 0 Å². The van der Waals surface area contributed by atoms with Crippen LogP contribution in [0.1, 0.15) is 37.4 Å². The Morgan fingerprint density at radius 1 is 0.913 bits per heavy atom. The predicted octanol–water partition coefficient (Wildman–Crippen LogP) is 4.80. The van der Waals surface area contributed by atoms with Crippen molar-refractivity contribution in [3.05, 3.63) is 71.1 Å². The van der Waals surface area contributed by atoms with Gasteiger partial charge in [0.05, 0.1) is 6.04 Å². The Hall–Kier alpha value is -2.17. The van der Waals surface area contributed by atoms with Crippen LogP contribution < -0.4 is 5.32 Å². The van der Waals surface area contributed by atoms with Gasteiger partial charge in [-0.2, -0.15) is 0 Å². The molecule has 2 atom stereocenters. The van der Waals surface area contributed by atoms with Crippen LogP contribution in [0.4, 0.5) is 0 Å². The van der Waals surface area contributed by atoms with E-state index in [-0.39, 0.29) is 12.1 Å². The molecule has 0 aliphatic carbocycles. The molecule has 1 aromatic heterocycles. The second-order valence-corrected chi connectivity index (χ2v) is 5.85. The summed E-state index contributed by atoms with van der Waals surface area (Å²) in [6, 6.07) is 17.5. The summed E-state index contributed by atoms with van der Waals surface area (Å²) in [5, 5.41) is 12.5. The molecule has 0 saturated heterocycles. The van der Waals surface area contributed by atoms with Gasteiger partial charge in [0.1, 0.15) is 0 Å². The molecule has 0 aliphatic heterocycles. The number of hydrogen-bond donors (Lipinski definition) is 1. The Bertz CT molecular complexity index is 773. The van der Waals surface area contributed by atoms with E-state index < -0.39 is 0 Å². The molecular weight excluding hydrogens is 310 g/mol. The second-order valence-electron chi connectivity index (χ2n) is 5.44. The average molecular weight is 328 g/mol. The first-order valence-electron chi connectivity index (χ1n) is 7.54. The van der Waals surface area contributed by atoms with Crippen molar-refractivity contribution in [3.63, 3.8) is 0 Å². The number of rotatable bonds is 5. The molecule has 0 radical (unpaired) electrons. The lowest BCUT2D eigenvalue weighted by Gasteiger charge is -2.18. The van der Waals surface area contributed by atoms with E-state index in [1.54, 1.807) is 0 Å². The highest BCUT2D eigenvalue weighted by atomic mass is 35.5. The molecule has 5 heteroatoms. The Morgan fingerprint density at radius 3 is 2.35 bits per heavy atom. The SMILES string of the molecule is C[C@H](N[C@H](C)c1nnc(-c2ccccc2)o1)c1ccccc1Cl. The lowest BCUT2D eigenvalue weighted by Crippen LogP contribution is -2.23. The van der Waals surface area contributed by atoms with Gasteiger partial charge in [0.2, 0.25) is 11.8 Å². The van der Waals surface area contributed by atoms with E-state index >= 15 is 0 Å². The standard InChI is InChI=1S/C18H18ClN3O/c1-12(15-10-6-7-11-16(15)19)20-13(2)17-21-22-18(23-17)14-8-4-3-5-9-14/h3-13,20H,1-2H3/t12-,13+/m0/s1. The minimum Gasteiger partial charge on any atom is -0.419 e. The monoisotopic (exact) mass is 327 g/mol. The fourth-order valence-corrected chi connectivity index (χ4v) is 2.77. The van der Waals surface area contributed by atoms with Crippen molar-refractivity contribution in [1.82, 2.24) is 15.5 Å². The van der Waals surface area contributed by atoms with Gasteiger partial charge in [-0.05, 0) is 37.6 Å². The van der Waals surface area contributed by atoms with E-state index in [0.29, 0.717) is 11.8 Å². The summed E-state index contributed by atoms with van der Waals surface area (Å²) in [7, 11) is 0. The zero-order valence-electron chi connectivity index (χ0n) is 13.0. The van der Waals surface area contributed by atoms with Gasteiger partial charge in [-0.15, -0.1) is 10.2 Å². The summed E-state index contributed by atoms with van der Waals surface area (Å²) in [6.45, 7) is 4.06. The van der Waals surface area contributed by atoms with Crippen molar-refractivity contribution in [3.8, 4) is 11.5 Å². The number of benzene rings is 2. The van der Waals surface area contributed by atoms with Crippen molar-refractivity contribution in [2.24, 2.45) is 0 Å². The molecule has 0 unspecified atom stereocenters. The largest absolute Gasteiger partial charge is 0.419 e. The Morgan fingerprint density at radius 2 is 1.61 bits per heavy atom. The van der Waals surface area contributed by atoms with Crippen LogP contribution in [0.25, 0.3) is 11.5 Å². The molecule has 3 aromatic rings. The van der Waals surface area contributed by atoms with Gasteiger partial charge in [-0.1, -0.05) is 48.0 Å². The maximum atomic E-state index is 6.24. The molecule has 2 aromatic carbocycles. The van der Waals surface area contributed by atoms with Crippen LogP contribution in [0.15, 0.2) is 59.0 Å². The first-order chi connectivity index (χ1) is 11.1. The lowest BCUT2D eigenvalue weighted by atomic mass is 10.1. The molecule has 0 aliphatic rings. The average Bonchev–Trinajstić information content (AvgIpc) is 3.06. The van der Waals surface area contributed by atoms with Crippen LogP contribution in [-0.2, 0) is 0 Å². The summed E-state index contributed by atoms with van der Waals surface area (Å²) in [5.41, 5.74) is 1.96. The van der Waals surface area contributed by atoms with Gasteiger partial charge in [-0.3, -0.25) is 5.32 Å². The normalized spacial score (nSPS) is 13.7. The van der Waals surface area contributed by atoms with Crippen LogP contribution in [0.3, 0.4) is 0 Å². The number of nitrogens with zero attached hydrogens (tertiary/aromatic N) is 2. The Balaban J connectivity index is 1.73. The summed E-state index contributed by atoms with van der Waals surface area (Å²) in [4.78, 5) is 0. The van der Waals surface area contributed by atoms with Crippen LogP contribution >= 0.6 is 11.6 Å². The number of hydrogen-bond acceptors (Lipinski definition) is 4. The highest BCUT2D eigenvalue weighted by Gasteiger charge is 2.18. The summed E-state index contributed by atoms with van der Waals surface area (Å²) in [5.74, 6) is 1.09. The zero-order valence-corrected chi connectivity index (χ0v) is 13.8. The van der Waals surface area contributed by atoms with Gasteiger partial charge in [-0.25, -0.2) is 0 Å². The molecule has 3 rings (SSSR count). The molecule has 0 saturated carbocycles. The van der Waals surface area contributed by atoms with Crippen molar-refractivity contribution in [1.29, 1.82) is 0 Å². The summed E-state index contributed by atoms with van der Waals surface area (Å²) >= 11 is 6.24. The number of halogens is 1. The van der Waals surface area contributed by atoms with Crippen LogP contribution in [0, 0.1) is 0 Å². The Kier molecular flexibility index (Phi) is 4.74. The minimum atomic E-state index is -0.0776. The topological polar surface area (TPSA) is 51.0 Å². The highest BCUT2D eigenvalue weighted by Crippen LogP contribution is 2.26. The first kappa shape index (κ1) is 15.7. The molecule has 1 heterocycles. The van der Waals surface area contributed by atoms with Gasteiger partial charge in [0, 0.05) is 16.6 Å². The van der Waals surface area contributed by atoms with Gasteiger partial charge < -0.3 is 4.42 Å². The predicted molar refractivity (Wildman–Crippen MR) is 91.2 cm³/mol. The first-order valence-corrected chi connectivity index (χ1v) is 7.92. The molecule has 23 heavy (non-hydrogen) atoms. The van der Waals surface area contributed by atoms with Crippen molar-refractivity contribution >= 4 is 11.6 Å². The van der Waals surface area contributed by atoms with E-state index in [2.05, 4.69) is 22.4 Å². The second kappa shape index (κ2) is 6.94. The molecule has 4 nitrogen and oxygen atoms in total. The van der Waals surface area contributed by atoms with E-state index in [9.17, 15) is 0 Å². The lowest BCUT2D eigenvalue weighted by molar-refractivity contribution is 0.395. The maximum Gasteiger partial charge on any atom is 0.247 e. The molecule has 1 N–H and O–H groups in total. The van der Waals surface area contributed by atoms with Gasteiger partial charge in [0.25, 0.3) is 0 Å². The third-order valence-corrected chi connectivity index (χ3v) is 4.05. The summed E-state index contributed by atoms with van der Waals surface area (Å²) in [6.07, 6.45) is 0. The van der Waals surface area contributed by atoms with Crippen molar-refractivity contribution in [2.45, 2.75) is 25.9 Å². The van der Waals surface area contributed by atoms with E-state index in [1.807, 2.05) is 61.5 Å². The van der Waals surface area contributed by atoms with Crippen LogP contribution in [-0.4, -0.2) is 10.2 Å². The highest BCUT2D eigenvalue weighted by molar-refractivity contribution is 6.31. The number of nitrogens with one attached hydrogen (secondary N) is 1. The van der Waals surface area contributed by atoms with E-state index in [4.69, 9.17) is 16.0 Å². The van der Waals surface area contributed by atoms with E-state index in [0.717, 1.165) is 16.1 Å². The smallest absolute Gasteiger partial charge is 0.247 e. The fraction of sp³-hybridized carbons (Fsp3) is 0.222. The van der Waals surface area contributed by atoms with Crippen molar-refractivity contribution < 1.29 is 4.42 Å². The quantitative estimate of drug-likeness (QED) is 0.731. The zero-order chi connectivity index (χ0) is 16.2. The maximum absolute atomic E-state index is 6.24. The molecule has 0 fully saturated rings. The minimum absolute atomic E-state index is 0.0748. The summed E-state index contributed by atoms with van der Waals surface area (Å²) < 4.78 is 5.78. The molecule has 0 spiro atoms. The molecular formula is C18H18ClN3O. The van der Waals surface area contributed by atoms with Gasteiger partial charge in [0.15, 0.2) is 0 Å². The third-order valence-electron chi connectivity index (χ3n) is 3.70. The van der Waals surface area contributed by atoms with Crippen molar-refractivity contribution in [2.75, 3.05) is 0 Å². The Labute approximate surface area is 140 Å². The van der Waals surface area contributed by atoms with Gasteiger partial charge >= 0.3 is 0 Å². The van der Waals surface area contributed by atoms with Crippen LogP contribution in [0.5, 0.6) is 0 Å². The third kappa shape index (κ3) is 3.60. The fourth-order valence-electron chi connectivity index (χ4n) is 2.47. The number of aromatic nitrogens is 2. The molecule has 0 amide bonds. The molecule has 118 valence electrons.